The molecule has 0 heterocycles. The fourth-order valence-corrected chi connectivity index (χ4v) is 1.13. The zero-order valence-corrected chi connectivity index (χ0v) is 11.1. The zero-order chi connectivity index (χ0) is 12.0. The lowest BCUT2D eigenvalue weighted by Crippen LogP contribution is -2.20. The standard InChI is InChI=1S/C12H17NO3.ClH/c1-13(2)8-9-16-12(14)10-4-6-11(15-3)7-5-10;/h4-7H,8-9H2,1-3H3;1H. The topological polar surface area (TPSA) is 38.8 Å². The molecule has 0 atom stereocenters. The van der Waals surface area contributed by atoms with Gasteiger partial charge in [-0.05, 0) is 38.4 Å². The number of esters is 1. The Morgan fingerprint density at radius 2 is 1.82 bits per heavy atom. The van der Waals surface area contributed by atoms with Crippen LogP contribution in [0, 0.1) is 0 Å². The third kappa shape index (κ3) is 5.56. The van der Waals surface area contributed by atoms with Crippen LogP contribution >= 0.6 is 12.4 Å². The van der Waals surface area contributed by atoms with Crippen molar-refractivity contribution >= 4 is 18.4 Å². The number of methoxy groups -OCH3 is 1. The van der Waals surface area contributed by atoms with E-state index in [9.17, 15) is 4.79 Å². The third-order valence-corrected chi connectivity index (χ3v) is 2.10. The molecule has 0 saturated heterocycles. The Labute approximate surface area is 108 Å². The monoisotopic (exact) mass is 259 g/mol. The number of carbonyl (C=O) groups is 1. The van der Waals surface area contributed by atoms with E-state index in [-0.39, 0.29) is 18.4 Å². The maximum Gasteiger partial charge on any atom is 0.338 e. The van der Waals surface area contributed by atoms with Crippen LogP contribution < -0.4 is 4.74 Å². The molecule has 1 rings (SSSR count). The first-order valence-electron chi connectivity index (χ1n) is 5.09. The average molecular weight is 260 g/mol. The molecule has 0 bridgehead atoms. The number of likely N-dealkylation sites (N-methyl/N-ethyl adjacent to an activating group) is 1. The third-order valence-electron chi connectivity index (χ3n) is 2.10. The minimum atomic E-state index is -0.301. The summed E-state index contributed by atoms with van der Waals surface area (Å²) in [6, 6.07) is 6.86. The van der Waals surface area contributed by atoms with Crippen LogP contribution in [0.25, 0.3) is 0 Å². The van der Waals surface area contributed by atoms with Crippen LogP contribution in [-0.2, 0) is 4.74 Å². The molecule has 4 nitrogen and oxygen atoms in total. The van der Waals surface area contributed by atoms with Crippen LogP contribution in [0.3, 0.4) is 0 Å². The van der Waals surface area contributed by atoms with Gasteiger partial charge in [0.2, 0.25) is 0 Å². The second-order valence-electron chi connectivity index (χ2n) is 3.67. The van der Waals surface area contributed by atoms with Gasteiger partial charge in [0.15, 0.2) is 0 Å². The molecule has 96 valence electrons. The number of hydrogen-bond acceptors (Lipinski definition) is 4. The number of hydrogen-bond donors (Lipinski definition) is 0. The largest absolute Gasteiger partial charge is 0.497 e. The SMILES string of the molecule is COc1ccc(C(=O)OCCN(C)C)cc1.Cl. The minimum Gasteiger partial charge on any atom is -0.497 e. The van der Waals surface area contributed by atoms with Crippen molar-refractivity contribution < 1.29 is 14.3 Å². The maximum absolute atomic E-state index is 11.5. The number of ether oxygens (including phenoxy) is 2. The predicted octanol–water partition coefficient (Wildman–Crippen LogP) is 1.84. The number of rotatable bonds is 5. The van der Waals surface area contributed by atoms with Crippen molar-refractivity contribution in [2.45, 2.75) is 0 Å². The Morgan fingerprint density at radius 1 is 1.24 bits per heavy atom. The second kappa shape index (κ2) is 7.92. The fourth-order valence-electron chi connectivity index (χ4n) is 1.13. The molecule has 0 amide bonds. The van der Waals surface area contributed by atoms with Crippen LogP contribution in [0.1, 0.15) is 10.4 Å². The van der Waals surface area contributed by atoms with Crippen molar-refractivity contribution in [3.63, 3.8) is 0 Å². The van der Waals surface area contributed by atoms with Crippen molar-refractivity contribution in [1.29, 1.82) is 0 Å². The molecule has 1 aromatic rings. The van der Waals surface area contributed by atoms with Crippen LogP contribution in [-0.4, -0.2) is 45.2 Å². The molecule has 0 aliphatic heterocycles. The normalized spacial score (nSPS) is 9.65. The number of nitrogens with zero attached hydrogens (tertiary/aromatic N) is 1. The Morgan fingerprint density at radius 3 is 2.29 bits per heavy atom. The quantitative estimate of drug-likeness (QED) is 0.757. The van der Waals surface area contributed by atoms with Gasteiger partial charge in [-0.3, -0.25) is 0 Å². The first kappa shape index (κ1) is 15.7. The van der Waals surface area contributed by atoms with E-state index in [2.05, 4.69) is 0 Å². The summed E-state index contributed by atoms with van der Waals surface area (Å²) in [4.78, 5) is 13.5. The van der Waals surface area contributed by atoms with E-state index in [1.54, 1.807) is 31.4 Å². The van der Waals surface area contributed by atoms with Gasteiger partial charge in [-0.25, -0.2) is 4.79 Å². The summed E-state index contributed by atoms with van der Waals surface area (Å²) >= 11 is 0. The Balaban J connectivity index is 0.00000256. The van der Waals surface area contributed by atoms with E-state index in [1.807, 2.05) is 19.0 Å². The summed E-state index contributed by atoms with van der Waals surface area (Å²) in [6.45, 7) is 1.12. The second-order valence-corrected chi connectivity index (χ2v) is 3.67. The molecule has 1 aromatic carbocycles. The highest BCUT2D eigenvalue weighted by molar-refractivity contribution is 5.89. The highest BCUT2D eigenvalue weighted by Crippen LogP contribution is 2.11. The first-order chi connectivity index (χ1) is 7.63. The van der Waals surface area contributed by atoms with Crippen LogP contribution in [0.15, 0.2) is 24.3 Å². The van der Waals surface area contributed by atoms with Crippen molar-refractivity contribution in [2.24, 2.45) is 0 Å². The van der Waals surface area contributed by atoms with E-state index in [4.69, 9.17) is 9.47 Å². The molecule has 0 aliphatic rings. The highest BCUT2D eigenvalue weighted by Gasteiger charge is 2.06. The van der Waals surface area contributed by atoms with Crippen molar-refractivity contribution in [3.05, 3.63) is 29.8 Å². The average Bonchev–Trinajstić information content (AvgIpc) is 2.28. The molecule has 0 aromatic heterocycles. The smallest absolute Gasteiger partial charge is 0.338 e. The molecular formula is C12H18ClNO3. The summed E-state index contributed by atoms with van der Waals surface area (Å²) < 4.78 is 10.1. The van der Waals surface area contributed by atoms with Gasteiger partial charge in [0, 0.05) is 6.54 Å². The molecule has 0 N–H and O–H groups in total. The van der Waals surface area contributed by atoms with Crippen molar-refractivity contribution in [3.8, 4) is 5.75 Å². The number of benzene rings is 1. The van der Waals surface area contributed by atoms with Crippen molar-refractivity contribution in [1.82, 2.24) is 4.90 Å². The minimum absolute atomic E-state index is 0. The summed E-state index contributed by atoms with van der Waals surface area (Å²) in [5.41, 5.74) is 0.541. The Hall–Kier alpha value is -1.26. The lowest BCUT2D eigenvalue weighted by Gasteiger charge is -2.10. The molecule has 0 fully saturated rings. The summed E-state index contributed by atoms with van der Waals surface area (Å²) in [5.74, 6) is 0.425. The Bertz CT molecular complexity index is 338. The fraction of sp³-hybridized carbons (Fsp3) is 0.417. The van der Waals surface area contributed by atoms with E-state index in [0.717, 1.165) is 12.3 Å². The predicted molar refractivity (Wildman–Crippen MR) is 69.1 cm³/mol. The first-order valence-corrected chi connectivity index (χ1v) is 5.09. The van der Waals surface area contributed by atoms with Gasteiger partial charge < -0.3 is 14.4 Å². The van der Waals surface area contributed by atoms with E-state index < -0.39 is 0 Å². The van der Waals surface area contributed by atoms with Crippen LogP contribution in [0.2, 0.25) is 0 Å². The van der Waals surface area contributed by atoms with E-state index in [0.29, 0.717) is 12.2 Å². The molecule has 0 aliphatic carbocycles. The van der Waals surface area contributed by atoms with Gasteiger partial charge in [0.1, 0.15) is 12.4 Å². The summed E-state index contributed by atoms with van der Waals surface area (Å²) in [7, 11) is 5.45. The van der Waals surface area contributed by atoms with Gasteiger partial charge >= 0.3 is 5.97 Å². The van der Waals surface area contributed by atoms with E-state index >= 15 is 0 Å². The van der Waals surface area contributed by atoms with E-state index in [1.165, 1.54) is 0 Å². The number of carbonyl (C=O) groups excluding carboxylic acids is 1. The Kier molecular flexibility index (Phi) is 7.34. The maximum atomic E-state index is 11.5. The van der Waals surface area contributed by atoms with Gasteiger partial charge in [-0.15, -0.1) is 12.4 Å². The molecule has 0 saturated carbocycles. The van der Waals surface area contributed by atoms with Crippen LogP contribution in [0.5, 0.6) is 5.75 Å². The van der Waals surface area contributed by atoms with Gasteiger partial charge in [0.05, 0.1) is 12.7 Å². The van der Waals surface area contributed by atoms with Gasteiger partial charge in [-0.2, -0.15) is 0 Å². The molecule has 5 heteroatoms. The number of halogens is 1. The summed E-state index contributed by atoms with van der Waals surface area (Å²) in [5, 5.41) is 0. The molecule has 17 heavy (non-hydrogen) atoms. The molecule has 0 unspecified atom stereocenters. The molecule has 0 radical (unpaired) electrons. The summed E-state index contributed by atoms with van der Waals surface area (Å²) in [6.07, 6.45) is 0. The zero-order valence-electron chi connectivity index (χ0n) is 10.3. The van der Waals surface area contributed by atoms with Crippen molar-refractivity contribution in [2.75, 3.05) is 34.4 Å². The van der Waals surface area contributed by atoms with Gasteiger partial charge in [0.25, 0.3) is 0 Å². The highest BCUT2D eigenvalue weighted by atomic mass is 35.5. The molecule has 0 spiro atoms. The lowest BCUT2D eigenvalue weighted by atomic mass is 10.2. The molecular weight excluding hydrogens is 242 g/mol. The van der Waals surface area contributed by atoms with Gasteiger partial charge in [-0.1, -0.05) is 0 Å². The van der Waals surface area contributed by atoms with Crippen LogP contribution in [0.4, 0.5) is 0 Å². The lowest BCUT2D eigenvalue weighted by molar-refractivity contribution is 0.0482.